The third-order valence-electron chi connectivity index (χ3n) is 6.24. The van der Waals surface area contributed by atoms with Gasteiger partial charge in [-0.1, -0.05) is 78.9 Å². The van der Waals surface area contributed by atoms with E-state index < -0.39 is 6.04 Å². The fourth-order valence-electron chi connectivity index (χ4n) is 4.59. The summed E-state index contributed by atoms with van der Waals surface area (Å²) in [6, 6.07) is 16.2. The number of aryl methyl sites for hydroxylation is 2. The minimum Gasteiger partial charge on any atom is -0.352 e. The Hall–Kier alpha value is -2.62. The Morgan fingerprint density at radius 1 is 0.968 bits per heavy atom. The molecular formula is C27H36N2O2. The van der Waals surface area contributed by atoms with Crippen LogP contribution >= 0.6 is 0 Å². The van der Waals surface area contributed by atoms with E-state index >= 15 is 0 Å². The Bertz CT molecular complexity index is 852. The number of carbonyl (C=O) groups excluding carboxylic acids is 2. The summed E-state index contributed by atoms with van der Waals surface area (Å²) in [5.74, 6) is -0.0269. The second kappa shape index (κ2) is 11.1. The summed E-state index contributed by atoms with van der Waals surface area (Å²) in [5, 5.41) is 3.20. The molecule has 4 nitrogen and oxygen atoms in total. The maximum atomic E-state index is 13.3. The van der Waals surface area contributed by atoms with Gasteiger partial charge in [-0.05, 0) is 51.2 Å². The number of rotatable bonds is 8. The molecule has 0 radical (unpaired) electrons. The lowest BCUT2D eigenvalue weighted by Gasteiger charge is -2.31. The summed E-state index contributed by atoms with van der Waals surface area (Å²) < 4.78 is 0. The molecule has 1 N–H and O–H groups in total. The second-order valence-electron chi connectivity index (χ2n) is 9.01. The zero-order chi connectivity index (χ0) is 22.2. The van der Waals surface area contributed by atoms with E-state index in [1.165, 1.54) is 24.8 Å². The van der Waals surface area contributed by atoms with Crippen molar-refractivity contribution >= 4 is 11.8 Å². The van der Waals surface area contributed by atoms with Crippen LogP contribution in [-0.4, -0.2) is 35.3 Å². The predicted octanol–water partition coefficient (Wildman–Crippen LogP) is 4.75. The van der Waals surface area contributed by atoms with Gasteiger partial charge >= 0.3 is 0 Å². The molecule has 1 saturated carbocycles. The van der Waals surface area contributed by atoms with E-state index in [1.54, 1.807) is 4.90 Å². The summed E-state index contributed by atoms with van der Waals surface area (Å²) in [7, 11) is 0. The monoisotopic (exact) mass is 420 g/mol. The van der Waals surface area contributed by atoms with Gasteiger partial charge in [0.15, 0.2) is 0 Å². The van der Waals surface area contributed by atoms with Gasteiger partial charge in [0.1, 0.15) is 6.04 Å². The van der Waals surface area contributed by atoms with Gasteiger partial charge < -0.3 is 10.2 Å². The van der Waals surface area contributed by atoms with E-state index in [-0.39, 0.29) is 17.9 Å². The lowest BCUT2D eigenvalue weighted by Crippen LogP contribution is -2.51. The normalized spacial score (nSPS) is 15.3. The topological polar surface area (TPSA) is 49.4 Å². The van der Waals surface area contributed by atoms with Crippen LogP contribution in [0.4, 0.5) is 0 Å². The second-order valence-corrected chi connectivity index (χ2v) is 9.01. The Labute approximate surface area is 187 Å². The van der Waals surface area contributed by atoms with Crippen molar-refractivity contribution in [2.24, 2.45) is 0 Å². The standard InChI is InChI=1S/C27H36N2O2/c1-20-16-21(2)18-24(17-20)19-26(30)29(15-14-23-10-6-4-7-11-23)22(3)27(31)28-25-12-8-5-9-13-25/h4,6-7,10-11,16-18,22,25H,5,8-9,12-15,19H2,1-3H3,(H,28,31)/t22-/m1/s1. The van der Waals surface area contributed by atoms with Crippen molar-refractivity contribution in [3.63, 3.8) is 0 Å². The molecule has 1 fully saturated rings. The first-order chi connectivity index (χ1) is 14.9. The quantitative estimate of drug-likeness (QED) is 0.670. The van der Waals surface area contributed by atoms with E-state index in [0.717, 1.165) is 36.0 Å². The highest BCUT2D eigenvalue weighted by Crippen LogP contribution is 2.18. The number of benzene rings is 2. The van der Waals surface area contributed by atoms with Crippen LogP contribution in [0.15, 0.2) is 48.5 Å². The molecule has 31 heavy (non-hydrogen) atoms. The fourth-order valence-corrected chi connectivity index (χ4v) is 4.59. The number of hydrogen-bond acceptors (Lipinski definition) is 2. The lowest BCUT2D eigenvalue weighted by atomic mass is 9.95. The maximum Gasteiger partial charge on any atom is 0.242 e. The highest BCUT2D eigenvalue weighted by Gasteiger charge is 2.27. The number of nitrogens with zero attached hydrogens (tertiary/aromatic N) is 1. The van der Waals surface area contributed by atoms with Crippen molar-refractivity contribution in [3.05, 3.63) is 70.8 Å². The molecule has 2 aromatic carbocycles. The maximum absolute atomic E-state index is 13.3. The average Bonchev–Trinajstić information content (AvgIpc) is 2.74. The molecule has 0 bridgehead atoms. The first kappa shape index (κ1) is 23.1. The van der Waals surface area contributed by atoms with Crippen LogP contribution in [0.2, 0.25) is 0 Å². The molecule has 0 aromatic heterocycles. The van der Waals surface area contributed by atoms with E-state index in [9.17, 15) is 9.59 Å². The van der Waals surface area contributed by atoms with Crippen molar-refractivity contribution in [2.75, 3.05) is 6.54 Å². The molecule has 0 spiro atoms. The van der Waals surface area contributed by atoms with Gasteiger partial charge in [0.2, 0.25) is 11.8 Å². The third-order valence-corrected chi connectivity index (χ3v) is 6.24. The third kappa shape index (κ3) is 6.95. The molecule has 1 atom stereocenters. The molecule has 4 heteroatoms. The lowest BCUT2D eigenvalue weighted by molar-refractivity contribution is -0.139. The van der Waals surface area contributed by atoms with E-state index in [2.05, 4.69) is 35.6 Å². The van der Waals surface area contributed by atoms with Crippen LogP contribution < -0.4 is 5.32 Å². The molecule has 166 valence electrons. The van der Waals surface area contributed by atoms with Crippen LogP contribution in [0.25, 0.3) is 0 Å². The van der Waals surface area contributed by atoms with Crippen LogP contribution in [0.3, 0.4) is 0 Å². The highest BCUT2D eigenvalue weighted by molar-refractivity contribution is 5.88. The number of carbonyl (C=O) groups is 2. The molecule has 1 aliphatic rings. The molecule has 3 rings (SSSR count). The van der Waals surface area contributed by atoms with Crippen LogP contribution in [0.1, 0.15) is 61.3 Å². The molecule has 2 amide bonds. The first-order valence-corrected chi connectivity index (χ1v) is 11.6. The number of hydrogen-bond donors (Lipinski definition) is 1. The van der Waals surface area contributed by atoms with Crippen molar-refractivity contribution in [3.8, 4) is 0 Å². The molecule has 0 unspecified atom stereocenters. The summed E-state index contributed by atoms with van der Waals surface area (Å²) >= 11 is 0. The van der Waals surface area contributed by atoms with Crippen molar-refractivity contribution in [1.82, 2.24) is 10.2 Å². The SMILES string of the molecule is Cc1cc(C)cc(CC(=O)N(CCc2ccccc2)[C@H](C)C(=O)NC2CCCCC2)c1. The minimum absolute atomic E-state index is 0.00669. The van der Waals surface area contributed by atoms with Crippen LogP contribution in [0, 0.1) is 13.8 Å². The molecule has 0 aliphatic heterocycles. The fraction of sp³-hybridized carbons (Fsp3) is 0.481. The van der Waals surface area contributed by atoms with Crippen molar-refractivity contribution in [2.45, 2.75) is 77.8 Å². The predicted molar refractivity (Wildman–Crippen MR) is 126 cm³/mol. The van der Waals surface area contributed by atoms with Gasteiger partial charge in [-0.2, -0.15) is 0 Å². The summed E-state index contributed by atoms with van der Waals surface area (Å²) in [4.78, 5) is 28.1. The van der Waals surface area contributed by atoms with E-state index in [4.69, 9.17) is 0 Å². The van der Waals surface area contributed by atoms with Gasteiger partial charge in [0.25, 0.3) is 0 Å². The summed E-state index contributed by atoms with van der Waals surface area (Å²) in [6.45, 7) is 6.50. The van der Waals surface area contributed by atoms with Gasteiger partial charge in [-0.3, -0.25) is 9.59 Å². The summed E-state index contributed by atoms with van der Waals surface area (Å²) in [6.07, 6.45) is 6.72. The minimum atomic E-state index is -0.482. The zero-order valence-corrected chi connectivity index (χ0v) is 19.2. The van der Waals surface area contributed by atoms with Crippen molar-refractivity contribution < 1.29 is 9.59 Å². The van der Waals surface area contributed by atoms with Gasteiger partial charge in [0, 0.05) is 12.6 Å². The van der Waals surface area contributed by atoms with Gasteiger partial charge in [-0.25, -0.2) is 0 Å². The molecule has 0 saturated heterocycles. The highest BCUT2D eigenvalue weighted by atomic mass is 16.2. The Morgan fingerprint density at radius 3 is 2.26 bits per heavy atom. The largest absolute Gasteiger partial charge is 0.352 e. The number of nitrogens with one attached hydrogen (secondary N) is 1. The van der Waals surface area contributed by atoms with Crippen molar-refractivity contribution in [1.29, 1.82) is 0 Å². The summed E-state index contributed by atoms with van der Waals surface area (Å²) in [5.41, 5.74) is 4.49. The van der Waals surface area contributed by atoms with Gasteiger partial charge in [0.05, 0.1) is 6.42 Å². The Morgan fingerprint density at radius 2 is 1.61 bits per heavy atom. The molecule has 2 aromatic rings. The zero-order valence-electron chi connectivity index (χ0n) is 19.2. The molecule has 0 heterocycles. The first-order valence-electron chi connectivity index (χ1n) is 11.6. The number of amides is 2. The molecule has 1 aliphatic carbocycles. The average molecular weight is 421 g/mol. The van der Waals surface area contributed by atoms with Crippen LogP contribution in [-0.2, 0) is 22.4 Å². The Balaban J connectivity index is 1.72. The van der Waals surface area contributed by atoms with Crippen LogP contribution in [0.5, 0.6) is 0 Å². The van der Waals surface area contributed by atoms with E-state index in [1.807, 2.05) is 39.0 Å². The van der Waals surface area contributed by atoms with Gasteiger partial charge in [-0.15, -0.1) is 0 Å². The van der Waals surface area contributed by atoms with E-state index in [0.29, 0.717) is 13.0 Å². The Kier molecular flexibility index (Phi) is 8.27. The molecular weight excluding hydrogens is 384 g/mol. The smallest absolute Gasteiger partial charge is 0.242 e.